The summed E-state index contributed by atoms with van der Waals surface area (Å²) < 4.78 is 0. The van der Waals surface area contributed by atoms with Gasteiger partial charge in [-0.05, 0) is 33.8 Å². The fourth-order valence-electron chi connectivity index (χ4n) is 0.522. The zero-order valence-electron chi connectivity index (χ0n) is 5.04. The van der Waals surface area contributed by atoms with Gasteiger partial charge in [-0.25, -0.2) is 0 Å². The highest BCUT2D eigenvalue weighted by atomic mass is 35.7. The van der Waals surface area contributed by atoms with Crippen LogP contribution in [-0.2, 0) is 0 Å². The number of halogens is 1. The molecule has 56 valence electrons. The average Bonchev–Trinajstić information content (AvgIpc) is 1.89. The minimum Gasteiger partial charge on any atom is -0.507 e. The van der Waals surface area contributed by atoms with Crippen LogP contribution in [0.25, 0.3) is 0 Å². The second-order valence-electron chi connectivity index (χ2n) is 1.54. The Labute approximate surface area is 75.3 Å². The molecular weight excluding hydrogens is 188 g/mol. The Morgan fingerprint density at radius 2 is 1.90 bits per heavy atom. The van der Waals surface area contributed by atoms with E-state index in [1.807, 2.05) is 6.07 Å². The van der Waals surface area contributed by atoms with E-state index < -0.39 is 0 Å². The Morgan fingerprint density at radius 3 is 2.30 bits per heavy atom. The summed E-state index contributed by atoms with van der Waals surface area (Å²) in [7, 11) is 6.41. The molecule has 0 aromatic heterocycles. The molecule has 0 fully saturated rings. The number of phenols is 1. The molecule has 1 aromatic carbocycles. The molecule has 1 N–H and O–H groups in total. The quantitative estimate of drug-likeness (QED) is 0.742. The van der Waals surface area contributed by atoms with Crippen LogP contribution in [0, 0.1) is 0 Å². The van der Waals surface area contributed by atoms with Crippen LogP contribution in [0.3, 0.4) is 0 Å². The summed E-state index contributed by atoms with van der Waals surface area (Å²) in [5.74, 6) is 0.234. The lowest BCUT2D eigenvalue weighted by atomic mass is 10.3. The first kappa shape index (κ1) is 10.0. The maximum Gasteiger partial charge on any atom is 0.130 e. The topological polar surface area (TPSA) is 20.2 Å². The minimum atomic E-state index is 0. The minimum absolute atomic E-state index is 0. The molecule has 0 saturated carbocycles. The molecule has 1 aromatic rings. The normalized spacial score (nSPS) is 8.50. The van der Waals surface area contributed by atoms with E-state index in [0.717, 1.165) is 11.0 Å². The van der Waals surface area contributed by atoms with Crippen molar-refractivity contribution in [3.8, 4) is 5.75 Å². The third-order valence-corrected chi connectivity index (χ3v) is 1.96. The standard InChI is InChI=1S/C6H5ClOS.H2S/c7-9-6-4-2-1-3-5(6)8;/h1-4,8H;1H2. The number of phenolic OH excluding ortho intramolecular Hbond substituents is 1. The van der Waals surface area contributed by atoms with E-state index in [0.29, 0.717) is 4.90 Å². The fourth-order valence-corrected chi connectivity index (χ4v) is 1.19. The predicted molar refractivity (Wildman–Crippen MR) is 50.2 cm³/mol. The van der Waals surface area contributed by atoms with Crippen LogP contribution in [-0.4, -0.2) is 5.11 Å². The SMILES string of the molecule is Oc1ccccc1SCl.S. The molecule has 0 aliphatic rings. The van der Waals surface area contributed by atoms with E-state index in [1.54, 1.807) is 18.2 Å². The van der Waals surface area contributed by atoms with Crippen LogP contribution in [0.5, 0.6) is 5.75 Å². The monoisotopic (exact) mass is 194 g/mol. The molecule has 0 aliphatic heterocycles. The van der Waals surface area contributed by atoms with Gasteiger partial charge in [0.05, 0.1) is 4.90 Å². The van der Waals surface area contributed by atoms with Gasteiger partial charge in [0, 0.05) is 0 Å². The average molecular weight is 195 g/mol. The summed E-state index contributed by atoms with van der Waals surface area (Å²) in [5, 5.41) is 9.01. The van der Waals surface area contributed by atoms with Crippen molar-refractivity contribution in [3.05, 3.63) is 24.3 Å². The molecule has 1 nitrogen and oxygen atoms in total. The molecule has 1 rings (SSSR count). The van der Waals surface area contributed by atoms with Crippen molar-refractivity contribution in [1.29, 1.82) is 0 Å². The van der Waals surface area contributed by atoms with Gasteiger partial charge in [0.15, 0.2) is 0 Å². The molecule has 0 aliphatic carbocycles. The lowest BCUT2D eigenvalue weighted by Gasteiger charge is -1.94. The summed E-state index contributed by atoms with van der Waals surface area (Å²) in [5.41, 5.74) is 0. The zero-order chi connectivity index (χ0) is 6.69. The first-order valence-electron chi connectivity index (χ1n) is 2.41. The van der Waals surface area contributed by atoms with Gasteiger partial charge < -0.3 is 5.11 Å². The highest BCUT2D eigenvalue weighted by Crippen LogP contribution is 2.29. The Bertz CT molecular complexity index is 205. The van der Waals surface area contributed by atoms with E-state index in [-0.39, 0.29) is 19.2 Å². The van der Waals surface area contributed by atoms with Crippen molar-refractivity contribution in [2.24, 2.45) is 0 Å². The van der Waals surface area contributed by atoms with Crippen molar-refractivity contribution in [3.63, 3.8) is 0 Å². The van der Waals surface area contributed by atoms with E-state index in [4.69, 9.17) is 15.8 Å². The Balaban J connectivity index is 0.000000810. The third kappa shape index (κ3) is 2.33. The highest BCUT2D eigenvalue weighted by Gasteiger charge is 1.95. The van der Waals surface area contributed by atoms with E-state index in [9.17, 15) is 0 Å². The number of hydrogen-bond donors (Lipinski definition) is 1. The van der Waals surface area contributed by atoms with Gasteiger partial charge in [-0.1, -0.05) is 12.1 Å². The first-order valence-corrected chi connectivity index (χ1v) is 4.05. The second kappa shape index (κ2) is 4.77. The van der Waals surface area contributed by atoms with Gasteiger partial charge in [0.1, 0.15) is 5.75 Å². The molecule has 0 bridgehead atoms. The van der Waals surface area contributed by atoms with Crippen molar-refractivity contribution in [1.82, 2.24) is 0 Å². The number of para-hydroxylation sites is 1. The van der Waals surface area contributed by atoms with Crippen molar-refractivity contribution in [2.45, 2.75) is 4.90 Å². The summed E-state index contributed by atoms with van der Waals surface area (Å²) in [6.45, 7) is 0. The smallest absolute Gasteiger partial charge is 0.130 e. The third-order valence-electron chi connectivity index (χ3n) is 0.948. The first-order chi connectivity index (χ1) is 4.34. The van der Waals surface area contributed by atoms with Gasteiger partial charge >= 0.3 is 0 Å². The summed E-state index contributed by atoms with van der Waals surface area (Å²) >= 11 is 0. The molecule has 0 atom stereocenters. The van der Waals surface area contributed by atoms with Gasteiger partial charge in [0.25, 0.3) is 0 Å². The van der Waals surface area contributed by atoms with E-state index in [1.165, 1.54) is 0 Å². The van der Waals surface area contributed by atoms with Crippen LogP contribution < -0.4 is 0 Å². The van der Waals surface area contributed by atoms with E-state index >= 15 is 0 Å². The Morgan fingerprint density at radius 1 is 1.30 bits per heavy atom. The largest absolute Gasteiger partial charge is 0.507 e. The van der Waals surface area contributed by atoms with Gasteiger partial charge in [-0.3, -0.25) is 0 Å². The number of benzene rings is 1. The van der Waals surface area contributed by atoms with Gasteiger partial charge in [-0.2, -0.15) is 13.5 Å². The van der Waals surface area contributed by atoms with Gasteiger partial charge in [0.2, 0.25) is 0 Å². The van der Waals surface area contributed by atoms with Crippen LogP contribution >= 0.6 is 35.2 Å². The predicted octanol–water partition coefficient (Wildman–Crippen LogP) is 2.75. The maximum atomic E-state index is 9.01. The van der Waals surface area contributed by atoms with Crippen LogP contribution in [0.4, 0.5) is 0 Å². The lowest BCUT2D eigenvalue weighted by Crippen LogP contribution is -1.66. The fraction of sp³-hybridized carbons (Fsp3) is 0. The number of aromatic hydroxyl groups is 1. The van der Waals surface area contributed by atoms with E-state index in [2.05, 4.69) is 0 Å². The second-order valence-corrected chi connectivity index (χ2v) is 2.60. The summed E-state index contributed by atoms with van der Waals surface area (Å²) in [4.78, 5) is 0.694. The molecular formula is C6H7ClOS2. The number of rotatable bonds is 1. The molecule has 0 radical (unpaired) electrons. The molecule has 0 unspecified atom stereocenters. The molecule has 0 heterocycles. The molecule has 0 saturated heterocycles. The van der Waals surface area contributed by atoms with Crippen molar-refractivity contribution >= 4 is 35.2 Å². The highest BCUT2D eigenvalue weighted by molar-refractivity contribution is 8.21. The van der Waals surface area contributed by atoms with Gasteiger partial charge in [-0.15, -0.1) is 0 Å². The molecule has 10 heavy (non-hydrogen) atoms. The molecule has 4 heteroatoms. The zero-order valence-corrected chi connectivity index (χ0v) is 7.62. The Hall–Kier alpha value is 0.01000. The molecule has 0 spiro atoms. The van der Waals surface area contributed by atoms with Crippen molar-refractivity contribution < 1.29 is 5.11 Å². The summed E-state index contributed by atoms with van der Waals surface area (Å²) in [6, 6.07) is 6.94. The van der Waals surface area contributed by atoms with Crippen LogP contribution in [0.15, 0.2) is 29.2 Å². The van der Waals surface area contributed by atoms with Crippen LogP contribution in [0.2, 0.25) is 0 Å². The summed E-state index contributed by atoms with van der Waals surface area (Å²) in [6.07, 6.45) is 0. The lowest BCUT2D eigenvalue weighted by molar-refractivity contribution is 0.462. The Kier molecular flexibility index (Phi) is 4.77. The molecule has 0 amide bonds. The van der Waals surface area contributed by atoms with Crippen LogP contribution in [0.1, 0.15) is 0 Å². The maximum absolute atomic E-state index is 9.01. The van der Waals surface area contributed by atoms with Crippen molar-refractivity contribution in [2.75, 3.05) is 0 Å². The number of hydrogen-bond acceptors (Lipinski definition) is 2.